The minimum Gasteiger partial charge on any atom is -0.340 e. The van der Waals surface area contributed by atoms with Crippen molar-refractivity contribution in [2.24, 2.45) is 0 Å². The number of hydrogen-bond donors (Lipinski definition) is 0. The molecule has 1 aromatic heterocycles. The highest BCUT2D eigenvalue weighted by atomic mass is 16.2. The van der Waals surface area contributed by atoms with Crippen LogP contribution in [0.4, 0.5) is 0 Å². The second-order valence-electron chi connectivity index (χ2n) is 4.88. The van der Waals surface area contributed by atoms with E-state index in [-0.39, 0.29) is 5.91 Å². The first-order valence-corrected chi connectivity index (χ1v) is 6.17. The van der Waals surface area contributed by atoms with Crippen LogP contribution in [0.1, 0.15) is 23.7 Å². The van der Waals surface area contributed by atoms with Crippen LogP contribution in [0, 0.1) is 13.8 Å². The number of carbonyl (C=O) groups excluding carboxylic acids is 1. The number of benzene rings is 1. The third kappa shape index (κ3) is 3.19. The molecule has 0 N–H and O–H groups in total. The molecule has 2 aromatic rings. The Morgan fingerprint density at radius 3 is 2.47 bits per heavy atom. The van der Waals surface area contributed by atoms with Gasteiger partial charge in [-0.3, -0.25) is 4.79 Å². The molecule has 0 aliphatic heterocycles. The summed E-state index contributed by atoms with van der Waals surface area (Å²) < 4.78 is 1.74. The van der Waals surface area contributed by atoms with Crippen LogP contribution in [0.2, 0.25) is 0 Å². The largest absolute Gasteiger partial charge is 0.340 e. The number of aromatic nitrogens is 3. The number of amides is 1. The molecule has 0 radical (unpaired) electrons. The lowest BCUT2D eigenvalue weighted by Crippen LogP contribution is -2.23. The fourth-order valence-corrected chi connectivity index (χ4v) is 1.93. The molecule has 0 spiro atoms. The van der Waals surface area contributed by atoms with E-state index in [1.807, 2.05) is 6.20 Å². The Morgan fingerprint density at radius 1 is 1.26 bits per heavy atom. The van der Waals surface area contributed by atoms with Crippen molar-refractivity contribution in [3.05, 3.63) is 41.2 Å². The molecule has 0 fully saturated rings. The van der Waals surface area contributed by atoms with Gasteiger partial charge in [0.15, 0.2) is 0 Å². The van der Waals surface area contributed by atoms with E-state index >= 15 is 0 Å². The molecule has 1 heterocycles. The van der Waals surface area contributed by atoms with Crippen molar-refractivity contribution >= 4 is 5.91 Å². The fraction of sp³-hybridized carbons (Fsp3) is 0.357. The van der Waals surface area contributed by atoms with Crippen LogP contribution < -0.4 is 0 Å². The maximum atomic E-state index is 11.2. The Balaban J connectivity index is 2.23. The summed E-state index contributed by atoms with van der Waals surface area (Å²) in [5.74, 6) is 0.0148. The molecule has 1 amide bonds. The average Bonchev–Trinajstić information content (AvgIpc) is 2.76. The van der Waals surface area contributed by atoms with Gasteiger partial charge in [0.2, 0.25) is 5.91 Å². The molecule has 1 aromatic carbocycles. The predicted molar refractivity (Wildman–Crippen MR) is 73.0 cm³/mol. The zero-order valence-electron chi connectivity index (χ0n) is 11.7. The van der Waals surface area contributed by atoms with Gasteiger partial charge < -0.3 is 4.90 Å². The summed E-state index contributed by atoms with van der Waals surface area (Å²) in [5, 5.41) is 8.20. The standard InChI is InChI=1S/C14H18N4O/c1-10-5-11(2)7-14(6-10)18-9-13(15-16-18)8-17(4)12(3)19/h5-7,9H,8H2,1-4H3. The zero-order valence-corrected chi connectivity index (χ0v) is 11.7. The SMILES string of the molecule is CC(=O)N(C)Cc1cn(-c2cc(C)cc(C)c2)nn1. The van der Waals surface area contributed by atoms with E-state index in [9.17, 15) is 4.79 Å². The highest BCUT2D eigenvalue weighted by molar-refractivity contribution is 5.72. The Labute approximate surface area is 112 Å². The highest BCUT2D eigenvalue weighted by Gasteiger charge is 2.08. The predicted octanol–water partition coefficient (Wildman–Crippen LogP) is 1.86. The van der Waals surface area contributed by atoms with Gasteiger partial charge in [-0.05, 0) is 37.1 Å². The van der Waals surface area contributed by atoms with Crippen molar-refractivity contribution in [1.82, 2.24) is 19.9 Å². The van der Waals surface area contributed by atoms with Gasteiger partial charge in [-0.25, -0.2) is 4.68 Å². The Morgan fingerprint density at radius 2 is 1.89 bits per heavy atom. The van der Waals surface area contributed by atoms with Crippen molar-refractivity contribution in [3.63, 3.8) is 0 Å². The van der Waals surface area contributed by atoms with Crippen LogP contribution in [0.15, 0.2) is 24.4 Å². The Hall–Kier alpha value is -2.17. The van der Waals surface area contributed by atoms with Crippen molar-refractivity contribution in [3.8, 4) is 5.69 Å². The molecular formula is C14H18N4O. The van der Waals surface area contributed by atoms with Gasteiger partial charge in [0.25, 0.3) is 0 Å². The van der Waals surface area contributed by atoms with Gasteiger partial charge >= 0.3 is 0 Å². The molecule has 0 aliphatic rings. The van der Waals surface area contributed by atoms with Crippen LogP contribution in [-0.4, -0.2) is 32.8 Å². The summed E-state index contributed by atoms with van der Waals surface area (Å²) in [4.78, 5) is 12.8. The summed E-state index contributed by atoms with van der Waals surface area (Å²) in [6.45, 7) is 6.12. The minimum absolute atomic E-state index is 0.0148. The van der Waals surface area contributed by atoms with Gasteiger partial charge in [-0.2, -0.15) is 0 Å². The molecule has 0 saturated carbocycles. The summed E-state index contributed by atoms with van der Waals surface area (Å²) in [7, 11) is 1.75. The molecule has 0 atom stereocenters. The van der Waals surface area contributed by atoms with E-state index in [4.69, 9.17) is 0 Å². The van der Waals surface area contributed by atoms with Crippen LogP contribution >= 0.6 is 0 Å². The molecule has 19 heavy (non-hydrogen) atoms. The molecule has 0 unspecified atom stereocenters. The maximum Gasteiger partial charge on any atom is 0.219 e. The first-order chi connectivity index (χ1) is 8.95. The molecule has 2 rings (SSSR count). The lowest BCUT2D eigenvalue weighted by molar-refractivity contribution is -0.128. The number of rotatable bonds is 3. The third-order valence-electron chi connectivity index (χ3n) is 2.95. The van der Waals surface area contributed by atoms with E-state index in [0.29, 0.717) is 6.54 Å². The summed E-state index contributed by atoms with van der Waals surface area (Å²) >= 11 is 0. The molecule has 0 saturated heterocycles. The van der Waals surface area contributed by atoms with Crippen molar-refractivity contribution in [2.75, 3.05) is 7.05 Å². The van der Waals surface area contributed by atoms with E-state index in [1.54, 1.807) is 16.6 Å². The first kappa shape index (κ1) is 13.3. The van der Waals surface area contributed by atoms with Crippen molar-refractivity contribution < 1.29 is 4.79 Å². The van der Waals surface area contributed by atoms with E-state index in [0.717, 1.165) is 11.4 Å². The smallest absolute Gasteiger partial charge is 0.219 e. The number of nitrogens with zero attached hydrogens (tertiary/aromatic N) is 4. The summed E-state index contributed by atoms with van der Waals surface area (Å²) in [6, 6.07) is 6.23. The number of hydrogen-bond acceptors (Lipinski definition) is 3. The van der Waals surface area contributed by atoms with Gasteiger partial charge in [0, 0.05) is 14.0 Å². The molecule has 100 valence electrons. The molecule has 0 bridgehead atoms. The maximum absolute atomic E-state index is 11.2. The Kier molecular flexibility index (Phi) is 3.64. The first-order valence-electron chi connectivity index (χ1n) is 6.17. The monoisotopic (exact) mass is 258 g/mol. The topological polar surface area (TPSA) is 51.0 Å². The van der Waals surface area contributed by atoms with E-state index in [2.05, 4.69) is 42.4 Å². The van der Waals surface area contributed by atoms with E-state index < -0.39 is 0 Å². The summed E-state index contributed by atoms with van der Waals surface area (Å²) in [5.41, 5.74) is 4.14. The van der Waals surface area contributed by atoms with Crippen molar-refractivity contribution in [1.29, 1.82) is 0 Å². The van der Waals surface area contributed by atoms with Gasteiger partial charge in [-0.15, -0.1) is 5.10 Å². The van der Waals surface area contributed by atoms with Crippen LogP contribution in [-0.2, 0) is 11.3 Å². The lowest BCUT2D eigenvalue weighted by atomic mass is 10.1. The van der Waals surface area contributed by atoms with Crippen LogP contribution in [0.5, 0.6) is 0 Å². The number of carbonyl (C=O) groups is 1. The molecule has 5 heteroatoms. The summed E-state index contributed by atoms with van der Waals surface area (Å²) in [6.07, 6.45) is 1.85. The lowest BCUT2D eigenvalue weighted by Gasteiger charge is -2.11. The Bertz CT molecular complexity index is 583. The second-order valence-corrected chi connectivity index (χ2v) is 4.88. The third-order valence-corrected chi connectivity index (χ3v) is 2.95. The molecule has 0 aliphatic carbocycles. The zero-order chi connectivity index (χ0) is 14.0. The van der Waals surface area contributed by atoms with E-state index in [1.165, 1.54) is 18.1 Å². The average molecular weight is 258 g/mol. The van der Waals surface area contributed by atoms with Crippen LogP contribution in [0.25, 0.3) is 5.69 Å². The second kappa shape index (κ2) is 5.22. The molecular weight excluding hydrogens is 240 g/mol. The van der Waals surface area contributed by atoms with Gasteiger partial charge in [-0.1, -0.05) is 11.3 Å². The molecule has 5 nitrogen and oxygen atoms in total. The van der Waals surface area contributed by atoms with Gasteiger partial charge in [0.1, 0.15) is 5.69 Å². The normalized spacial score (nSPS) is 10.5. The fourth-order valence-electron chi connectivity index (χ4n) is 1.93. The van der Waals surface area contributed by atoms with Crippen molar-refractivity contribution in [2.45, 2.75) is 27.3 Å². The highest BCUT2D eigenvalue weighted by Crippen LogP contribution is 2.13. The quantitative estimate of drug-likeness (QED) is 0.844. The van der Waals surface area contributed by atoms with Gasteiger partial charge in [0.05, 0.1) is 18.4 Å². The minimum atomic E-state index is 0.0148. The number of aryl methyl sites for hydroxylation is 2. The van der Waals surface area contributed by atoms with Crippen LogP contribution in [0.3, 0.4) is 0 Å².